The van der Waals surface area contributed by atoms with Gasteiger partial charge in [0.2, 0.25) is 0 Å². The average Bonchev–Trinajstić information content (AvgIpc) is 2.83. The fourth-order valence-electron chi connectivity index (χ4n) is 5.43. The highest BCUT2D eigenvalue weighted by Gasteiger charge is 2.27. The van der Waals surface area contributed by atoms with E-state index in [1.54, 1.807) is 0 Å². The van der Waals surface area contributed by atoms with Crippen LogP contribution in [0.5, 0.6) is 11.5 Å². The molecular weight excluding hydrogens is 516 g/mol. The number of phenols is 2. The maximum Gasteiger partial charge on any atom is 0.124 e. The summed E-state index contributed by atoms with van der Waals surface area (Å²) in [5.41, 5.74) is 7.99. The zero-order valence-corrected chi connectivity index (χ0v) is 28.8. The van der Waals surface area contributed by atoms with Crippen molar-refractivity contribution in [1.29, 1.82) is 0 Å². The normalized spacial score (nSPS) is 12.9. The summed E-state index contributed by atoms with van der Waals surface area (Å²) in [7, 11) is 4.17. The molecule has 0 saturated carbocycles. The Kier molecular flexibility index (Phi) is 9.14. The molecule has 0 saturated heterocycles. The largest absolute Gasteiger partial charge is 0.507 e. The van der Waals surface area contributed by atoms with Gasteiger partial charge < -0.3 is 20.0 Å². The highest BCUT2D eigenvalue weighted by atomic mass is 16.3. The van der Waals surface area contributed by atoms with Crippen LogP contribution < -0.4 is 9.80 Å². The van der Waals surface area contributed by atoms with Gasteiger partial charge >= 0.3 is 0 Å². The second kappa shape index (κ2) is 11.5. The monoisotopic (exact) mass is 572 g/mol. The van der Waals surface area contributed by atoms with E-state index in [0.29, 0.717) is 24.6 Å². The van der Waals surface area contributed by atoms with Crippen molar-refractivity contribution in [1.82, 2.24) is 0 Å². The summed E-state index contributed by atoms with van der Waals surface area (Å²) in [4.78, 5) is 4.43. The Balaban J connectivity index is 2.04. The molecule has 0 atom stereocenters. The summed E-state index contributed by atoms with van der Waals surface area (Å²) < 4.78 is 0. The van der Waals surface area contributed by atoms with Crippen LogP contribution in [0.2, 0.25) is 0 Å². The molecule has 0 radical (unpaired) electrons. The van der Waals surface area contributed by atoms with Gasteiger partial charge in [0, 0.05) is 38.3 Å². The molecule has 0 aliphatic rings. The predicted molar refractivity (Wildman–Crippen MR) is 182 cm³/mol. The van der Waals surface area contributed by atoms with Crippen LogP contribution in [-0.4, -0.2) is 24.3 Å². The van der Waals surface area contributed by atoms with Gasteiger partial charge in [-0.15, -0.1) is 0 Å². The number of phenolic OH excluding ortho intramolecular Hbond substituents is 2. The van der Waals surface area contributed by atoms with E-state index in [4.69, 9.17) is 0 Å². The van der Waals surface area contributed by atoms with Crippen molar-refractivity contribution in [2.45, 2.75) is 118 Å². The first kappa shape index (κ1) is 33.4. The van der Waals surface area contributed by atoms with Crippen LogP contribution in [0.3, 0.4) is 0 Å². The Hall–Kier alpha value is -3.14. The molecule has 4 nitrogen and oxygen atoms in total. The van der Waals surface area contributed by atoms with Gasteiger partial charge in [-0.05, 0) is 68.2 Å². The SMILES string of the molecule is CN(Cc1cc(C(C)(C)C)cc(C(C)(C)C)c1O)c1ccccc1N(C)Cc1cc(C(C)(C)C)cc(C(C)(C)C)c1O. The number of aromatic hydroxyl groups is 2. The number of hydrogen-bond acceptors (Lipinski definition) is 4. The Labute approximate surface area is 256 Å². The molecule has 4 heteroatoms. The summed E-state index contributed by atoms with van der Waals surface area (Å²) in [6.45, 7) is 27.4. The summed E-state index contributed by atoms with van der Waals surface area (Å²) >= 11 is 0. The van der Waals surface area contributed by atoms with E-state index >= 15 is 0 Å². The fraction of sp³-hybridized carbons (Fsp3) is 0.526. The van der Waals surface area contributed by atoms with Crippen LogP contribution in [0.4, 0.5) is 11.4 Å². The van der Waals surface area contributed by atoms with Gasteiger partial charge in [0.25, 0.3) is 0 Å². The Morgan fingerprint density at radius 3 is 1.07 bits per heavy atom. The van der Waals surface area contributed by atoms with Crippen LogP contribution in [0, 0.1) is 0 Å². The molecule has 3 rings (SSSR count). The first-order valence-electron chi connectivity index (χ1n) is 15.3. The highest BCUT2D eigenvalue weighted by Crippen LogP contribution is 2.41. The third-order valence-electron chi connectivity index (χ3n) is 8.25. The van der Waals surface area contributed by atoms with Gasteiger partial charge in [-0.1, -0.05) is 107 Å². The molecule has 230 valence electrons. The van der Waals surface area contributed by atoms with E-state index in [9.17, 15) is 10.2 Å². The lowest BCUT2D eigenvalue weighted by atomic mass is 9.79. The standard InChI is InChI=1S/C38H56N2O2/c1-35(2,3)27-19-25(33(41)29(21-27)37(7,8)9)23-39(13)31-17-15-16-18-32(31)40(14)24-26-20-28(36(4,5)6)22-30(34(26)42)38(10,11)12/h15-22,41-42H,23-24H2,1-14H3. The second-order valence-corrected chi connectivity index (χ2v) is 16.3. The first-order valence-corrected chi connectivity index (χ1v) is 15.3. The molecule has 0 amide bonds. The Bertz CT molecular complexity index is 1300. The third-order valence-corrected chi connectivity index (χ3v) is 8.25. The molecule has 0 aliphatic heterocycles. The molecule has 2 N–H and O–H groups in total. The zero-order valence-electron chi connectivity index (χ0n) is 28.8. The molecule has 0 aromatic heterocycles. The summed E-state index contributed by atoms with van der Waals surface area (Å²) in [6.07, 6.45) is 0. The maximum atomic E-state index is 11.4. The van der Waals surface area contributed by atoms with Gasteiger partial charge in [0.15, 0.2) is 0 Å². The molecule has 0 bridgehead atoms. The van der Waals surface area contributed by atoms with Crippen LogP contribution in [0.1, 0.15) is 116 Å². The van der Waals surface area contributed by atoms with Crippen LogP contribution in [-0.2, 0) is 34.7 Å². The first-order chi connectivity index (χ1) is 19.0. The summed E-state index contributed by atoms with van der Waals surface area (Å²) in [5.74, 6) is 0.763. The van der Waals surface area contributed by atoms with Crippen molar-refractivity contribution in [3.63, 3.8) is 0 Å². The minimum absolute atomic E-state index is 0.0331. The highest BCUT2D eigenvalue weighted by molar-refractivity contribution is 5.71. The van der Waals surface area contributed by atoms with E-state index in [0.717, 1.165) is 33.6 Å². The number of rotatable bonds is 6. The van der Waals surface area contributed by atoms with Crippen molar-refractivity contribution in [3.05, 3.63) is 81.9 Å². The van der Waals surface area contributed by atoms with E-state index in [1.165, 1.54) is 11.1 Å². The second-order valence-electron chi connectivity index (χ2n) is 16.3. The molecule has 0 aliphatic carbocycles. The lowest BCUT2D eigenvalue weighted by Crippen LogP contribution is -2.25. The molecule has 0 spiro atoms. The molecule has 42 heavy (non-hydrogen) atoms. The number of nitrogens with zero attached hydrogens (tertiary/aromatic N) is 2. The number of benzene rings is 3. The van der Waals surface area contributed by atoms with Gasteiger partial charge in [-0.25, -0.2) is 0 Å². The number of anilines is 2. The minimum atomic E-state index is -0.174. The average molecular weight is 573 g/mol. The fourth-order valence-corrected chi connectivity index (χ4v) is 5.43. The lowest BCUT2D eigenvalue weighted by Gasteiger charge is -2.32. The van der Waals surface area contributed by atoms with Crippen LogP contribution in [0.15, 0.2) is 48.5 Å². The molecule has 3 aromatic rings. The van der Waals surface area contributed by atoms with Crippen molar-refractivity contribution < 1.29 is 10.2 Å². The van der Waals surface area contributed by atoms with E-state index in [-0.39, 0.29) is 21.7 Å². The molecular formula is C38H56N2O2. The van der Waals surface area contributed by atoms with Crippen molar-refractivity contribution in [2.75, 3.05) is 23.9 Å². The van der Waals surface area contributed by atoms with E-state index in [1.807, 2.05) is 0 Å². The molecule has 0 fully saturated rings. The lowest BCUT2D eigenvalue weighted by molar-refractivity contribution is 0.436. The van der Waals surface area contributed by atoms with E-state index in [2.05, 4.69) is 156 Å². The van der Waals surface area contributed by atoms with E-state index < -0.39 is 0 Å². The third kappa shape index (κ3) is 7.43. The molecule has 0 heterocycles. The zero-order chi connectivity index (χ0) is 32.0. The van der Waals surface area contributed by atoms with Gasteiger partial charge in [0.05, 0.1) is 11.4 Å². The predicted octanol–water partition coefficient (Wildman–Crippen LogP) is 9.56. The van der Waals surface area contributed by atoms with Gasteiger partial charge in [-0.3, -0.25) is 0 Å². The summed E-state index contributed by atoms with van der Waals surface area (Å²) in [6, 6.07) is 17.1. The Morgan fingerprint density at radius 2 is 0.810 bits per heavy atom. The van der Waals surface area contributed by atoms with Crippen molar-refractivity contribution in [3.8, 4) is 11.5 Å². The Morgan fingerprint density at radius 1 is 0.500 bits per heavy atom. The number of para-hydroxylation sites is 2. The van der Waals surface area contributed by atoms with Crippen molar-refractivity contribution in [2.24, 2.45) is 0 Å². The van der Waals surface area contributed by atoms with Crippen molar-refractivity contribution >= 4 is 11.4 Å². The van der Waals surface area contributed by atoms with Crippen LogP contribution >= 0.6 is 0 Å². The van der Waals surface area contributed by atoms with Gasteiger partial charge in [-0.2, -0.15) is 0 Å². The number of hydrogen-bond donors (Lipinski definition) is 2. The quantitative estimate of drug-likeness (QED) is 0.309. The molecule has 0 unspecified atom stereocenters. The maximum absolute atomic E-state index is 11.4. The van der Waals surface area contributed by atoms with Crippen LogP contribution in [0.25, 0.3) is 0 Å². The smallest absolute Gasteiger partial charge is 0.124 e. The van der Waals surface area contributed by atoms with Gasteiger partial charge in [0.1, 0.15) is 11.5 Å². The topological polar surface area (TPSA) is 46.9 Å². The summed E-state index contributed by atoms with van der Waals surface area (Å²) in [5, 5.41) is 22.9. The molecule has 3 aromatic carbocycles. The minimum Gasteiger partial charge on any atom is -0.507 e.